The zero-order valence-corrected chi connectivity index (χ0v) is 11.1. The molecule has 98 valence electrons. The lowest BCUT2D eigenvalue weighted by atomic mass is 9.90. The van der Waals surface area contributed by atoms with Crippen LogP contribution in [0.2, 0.25) is 5.02 Å². The Kier molecular flexibility index (Phi) is 3.50. The topological polar surface area (TPSA) is 58.6 Å². The zero-order valence-electron chi connectivity index (χ0n) is 10.4. The molecular weight excluding hydrogens is 254 g/mol. The third kappa shape index (κ3) is 2.76. The number of nitrogens with one attached hydrogen (secondary N) is 1. The van der Waals surface area contributed by atoms with Crippen molar-refractivity contribution >= 4 is 17.5 Å². The SMILES string of the molecule is CC(=O)NCC1(C)CC(O)c2cc(Cl)ccc2O1. The second kappa shape index (κ2) is 4.78. The average Bonchev–Trinajstić information content (AvgIpc) is 2.28. The molecule has 1 heterocycles. The Morgan fingerprint density at radius 3 is 3.06 bits per heavy atom. The van der Waals surface area contributed by atoms with Crippen LogP contribution in [0.3, 0.4) is 0 Å². The maximum Gasteiger partial charge on any atom is 0.217 e. The first-order valence-electron chi connectivity index (χ1n) is 5.81. The Balaban J connectivity index is 2.21. The van der Waals surface area contributed by atoms with E-state index in [1.807, 2.05) is 6.92 Å². The van der Waals surface area contributed by atoms with Crippen LogP contribution in [0.4, 0.5) is 0 Å². The van der Waals surface area contributed by atoms with Gasteiger partial charge in [-0.25, -0.2) is 0 Å². The third-order valence-corrected chi connectivity index (χ3v) is 3.26. The number of carbonyl (C=O) groups is 1. The monoisotopic (exact) mass is 269 g/mol. The Hall–Kier alpha value is -1.26. The molecule has 0 saturated heterocycles. The van der Waals surface area contributed by atoms with Crippen LogP contribution in [0.15, 0.2) is 18.2 Å². The van der Waals surface area contributed by atoms with Gasteiger partial charge in [0.15, 0.2) is 0 Å². The summed E-state index contributed by atoms with van der Waals surface area (Å²) < 4.78 is 5.86. The van der Waals surface area contributed by atoms with Crippen molar-refractivity contribution in [1.29, 1.82) is 0 Å². The normalized spacial score (nSPS) is 26.1. The predicted molar refractivity (Wildman–Crippen MR) is 68.7 cm³/mol. The second-order valence-electron chi connectivity index (χ2n) is 4.86. The van der Waals surface area contributed by atoms with Crippen molar-refractivity contribution in [3.8, 4) is 5.75 Å². The van der Waals surface area contributed by atoms with Crippen LogP contribution in [-0.2, 0) is 4.79 Å². The van der Waals surface area contributed by atoms with Crippen LogP contribution in [0.5, 0.6) is 5.75 Å². The first kappa shape index (κ1) is 13.2. The van der Waals surface area contributed by atoms with Gasteiger partial charge in [-0.05, 0) is 25.1 Å². The molecule has 2 unspecified atom stereocenters. The lowest BCUT2D eigenvalue weighted by Crippen LogP contribution is -2.47. The van der Waals surface area contributed by atoms with Crippen LogP contribution >= 0.6 is 11.6 Å². The molecule has 1 aromatic carbocycles. The van der Waals surface area contributed by atoms with Crippen molar-refractivity contribution in [1.82, 2.24) is 5.32 Å². The molecule has 0 aliphatic carbocycles. The van der Waals surface area contributed by atoms with E-state index in [4.69, 9.17) is 16.3 Å². The highest BCUT2D eigenvalue weighted by Crippen LogP contribution is 2.40. The lowest BCUT2D eigenvalue weighted by Gasteiger charge is -2.38. The highest BCUT2D eigenvalue weighted by atomic mass is 35.5. The van der Waals surface area contributed by atoms with Crippen LogP contribution in [-0.4, -0.2) is 23.2 Å². The molecule has 0 bridgehead atoms. The average molecular weight is 270 g/mol. The number of aliphatic hydroxyl groups excluding tert-OH is 1. The van der Waals surface area contributed by atoms with Crippen molar-refractivity contribution in [2.75, 3.05) is 6.54 Å². The van der Waals surface area contributed by atoms with Gasteiger partial charge in [-0.15, -0.1) is 0 Å². The minimum atomic E-state index is -0.633. The van der Waals surface area contributed by atoms with Crippen LogP contribution in [0.25, 0.3) is 0 Å². The smallest absolute Gasteiger partial charge is 0.217 e. The molecule has 0 aromatic heterocycles. The highest BCUT2D eigenvalue weighted by molar-refractivity contribution is 6.30. The summed E-state index contributed by atoms with van der Waals surface area (Å²) >= 11 is 5.89. The number of amides is 1. The van der Waals surface area contributed by atoms with E-state index in [2.05, 4.69) is 5.32 Å². The van der Waals surface area contributed by atoms with E-state index in [0.717, 1.165) is 0 Å². The van der Waals surface area contributed by atoms with E-state index >= 15 is 0 Å². The molecule has 0 saturated carbocycles. The number of aliphatic hydroxyl groups is 1. The lowest BCUT2D eigenvalue weighted by molar-refractivity contribution is -0.120. The molecule has 0 radical (unpaired) electrons. The maximum absolute atomic E-state index is 11.0. The van der Waals surface area contributed by atoms with E-state index < -0.39 is 11.7 Å². The minimum Gasteiger partial charge on any atom is -0.485 e. The van der Waals surface area contributed by atoms with Gasteiger partial charge >= 0.3 is 0 Å². The largest absolute Gasteiger partial charge is 0.485 e. The van der Waals surface area contributed by atoms with Crippen LogP contribution < -0.4 is 10.1 Å². The number of hydrogen-bond donors (Lipinski definition) is 2. The molecule has 4 nitrogen and oxygen atoms in total. The summed E-state index contributed by atoms with van der Waals surface area (Å²) in [5.41, 5.74) is 0.0918. The molecule has 0 fully saturated rings. The number of rotatable bonds is 2. The Morgan fingerprint density at radius 1 is 1.67 bits per heavy atom. The summed E-state index contributed by atoms with van der Waals surface area (Å²) in [6.07, 6.45) is -0.216. The fourth-order valence-corrected chi connectivity index (χ4v) is 2.30. The minimum absolute atomic E-state index is 0.115. The highest BCUT2D eigenvalue weighted by Gasteiger charge is 2.36. The van der Waals surface area contributed by atoms with Crippen molar-refractivity contribution in [2.45, 2.75) is 32.0 Å². The molecule has 2 rings (SSSR count). The summed E-state index contributed by atoms with van der Waals surface area (Å²) in [7, 11) is 0. The second-order valence-corrected chi connectivity index (χ2v) is 5.30. The molecular formula is C13H16ClNO3. The van der Waals surface area contributed by atoms with Gasteiger partial charge in [0.1, 0.15) is 11.4 Å². The van der Waals surface area contributed by atoms with Gasteiger partial charge in [-0.3, -0.25) is 4.79 Å². The van der Waals surface area contributed by atoms with E-state index in [-0.39, 0.29) is 5.91 Å². The van der Waals surface area contributed by atoms with Crippen molar-refractivity contribution in [2.24, 2.45) is 0 Å². The molecule has 1 aliphatic heterocycles. The van der Waals surface area contributed by atoms with Gasteiger partial charge in [0.05, 0.1) is 12.6 Å². The summed E-state index contributed by atoms with van der Waals surface area (Å²) in [6, 6.07) is 5.17. The molecule has 18 heavy (non-hydrogen) atoms. The molecule has 0 spiro atoms. The molecule has 1 aliphatic rings. The summed E-state index contributed by atoms with van der Waals surface area (Å²) in [4.78, 5) is 11.0. The van der Waals surface area contributed by atoms with Crippen LogP contribution in [0.1, 0.15) is 31.9 Å². The quantitative estimate of drug-likeness (QED) is 0.864. The Morgan fingerprint density at radius 2 is 2.39 bits per heavy atom. The van der Waals surface area contributed by atoms with Gasteiger partial charge < -0.3 is 15.2 Å². The number of carbonyl (C=O) groups excluding carboxylic acids is 1. The fraction of sp³-hybridized carbons (Fsp3) is 0.462. The number of benzene rings is 1. The molecule has 2 N–H and O–H groups in total. The first-order valence-corrected chi connectivity index (χ1v) is 6.18. The summed E-state index contributed by atoms with van der Waals surface area (Å²) in [5.74, 6) is 0.502. The number of ether oxygens (including phenoxy) is 1. The number of hydrogen-bond acceptors (Lipinski definition) is 3. The van der Waals surface area contributed by atoms with Gasteiger partial charge in [-0.2, -0.15) is 0 Å². The van der Waals surface area contributed by atoms with Gasteiger partial charge in [0.2, 0.25) is 5.91 Å². The van der Waals surface area contributed by atoms with E-state index in [1.165, 1.54) is 6.92 Å². The van der Waals surface area contributed by atoms with Crippen molar-refractivity contribution in [3.05, 3.63) is 28.8 Å². The van der Waals surface area contributed by atoms with Gasteiger partial charge in [0.25, 0.3) is 0 Å². The third-order valence-electron chi connectivity index (χ3n) is 3.02. The van der Waals surface area contributed by atoms with Crippen molar-refractivity contribution in [3.63, 3.8) is 0 Å². The van der Waals surface area contributed by atoms with E-state index in [0.29, 0.717) is 29.3 Å². The predicted octanol–water partition coefficient (Wildman–Crippen LogP) is 2.05. The van der Waals surface area contributed by atoms with E-state index in [9.17, 15) is 9.90 Å². The number of fused-ring (bicyclic) bond motifs is 1. The fourth-order valence-electron chi connectivity index (χ4n) is 2.12. The first-order chi connectivity index (χ1) is 8.39. The van der Waals surface area contributed by atoms with Gasteiger partial charge in [-0.1, -0.05) is 11.6 Å². The summed E-state index contributed by atoms with van der Waals surface area (Å²) in [6.45, 7) is 3.68. The maximum atomic E-state index is 11.0. The molecule has 2 atom stereocenters. The van der Waals surface area contributed by atoms with Crippen molar-refractivity contribution < 1.29 is 14.6 Å². The van der Waals surface area contributed by atoms with Gasteiger partial charge in [0, 0.05) is 23.9 Å². The standard InChI is InChI=1S/C13H16ClNO3/c1-8(16)15-7-13(2)6-11(17)10-5-9(14)3-4-12(10)18-13/h3-5,11,17H,6-7H2,1-2H3,(H,15,16). The molecule has 5 heteroatoms. The molecule has 1 aromatic rings. The number of halogens is 1. The molecule has 1 amide bonds. The van der Waals surface area contributed by atoms with Crippen LogP contribution in [0, 0.1) is 0 Å². The summed E-state index contributed by atoms with van der Waals surface area (Å²) in [5, 5.41) is 13.4. The van der Waals surface area contributed by atoms with E-state index in [1.54, 1.807) is 18.2 Å². The zero-order chi connectivity index (χ0) is 13.3. The Bertz CT molecular complexity index is 477. The Labute approximate surface area is 111 Å².